The Morgan fingerprint density at radius 2 is 1.96 bits per heavy atom. The van der Waals surface area contributed by atoms with Gasteiger partial charge in [-0.25, -0.2) is 8.78 Å². The normalized spacial score (nSPS) is 11.9. The number of benzene rings is 2. The van der Waals surface area contributed by atoms with Crippen molar-refractivity contribution in [2.45, 2.75) is 13.0 Å². The van der Waals surface area contributed by atoms with Gasteiger partial charge in [-0.2, -0.15) is 0 Å². The molecule has 0 aliphatic carbocycles. The summed E-state index contributed by atoms with van der Waals surface area (Å²) in [6.45, 7) is 5.02. The molecule has 0 radical (unpaired) electrons. The largest absolute Gasteiger partial charge is 0.384 e. The number of carbonyl (C=O) groups is 1. The van der Waals surface area contributed by atoms with Gasteiger partial charge in [-0.05, 0) is 29.8 Å². The Morgan fingerprint density at radius 1 is 1.26 bits per heavy atom. The van der Waals surface area contributed by atoms with Crippen LogP contribution in [0.25, 0.3) is 5.57 Å². The van der Waals surface area contributed by atoms with Crippen LogP contribution < -0.4 is 5.32 Å². The molecule has 2 rings (SSSR count). The van der Waals surface area contributed by atoms with Gasteiger partial charge in [-0.15, -0.1) is 0 Å². The van der Waals surface area contributed by atoms with E-state index in [1.807, 2.05) is 0 Å². The zero-order valence-corrected chi connectivity index (χ0v) is 13.0. The molecule has 2 N–H and O–H groups in total. The number of carbonyl (C=O) groups excluding carboxylic acids is 1. The van der Waals surface area contributed by atoms with E-state index in [4.69, 9.17) is 11.6 Å². The molecule has 0 aromatic heterocycles. The van der Waals surface area contributed by atoms with Gasteiger partial charge in [-0.1, -0.05) is 24.2 Å². The molecule has 1 unspecified atom stereocenters. The predicted molar refractivity (Wildman–Crippen MR) is 86.1 cm³/mol. The topological polar surface area (TPSA) is 49.3 Å². The van der Waals surface area contributed by atoms with Gasteiger partial charge < -0.3 is 10.4 Å². The number of hydrogen-bond donors (Lipinski definition) is 2. The van der Waals surface area contributed by atoms with E-state index in [1.54, 1.807) is 6.07 Å². The number of nitrogens with one attached hydrogen (secondary N) is 1. The Labute approximate surface area is 137 Å². The first-order chi connectivity index (χ1) is 10.8. The van der Waals surface area contributed by atoms with Crippen LogP contribution in [0.15, 0.2) is 43.0 Å². The van der Waals surface area contributed by atoms with Crippen LogP contribution in [0.1, 0.15) is 24.2 Å². The highest BCUT2D eigenvalue weighted by Gasteiger charge is 2.19. The third-order valence-electron chi connectivity index (χ3n) is 3.22. The van der Waals surface area contributed by atoms with Crippen molar-refractivity contribution in [2.24, 2.45) is 0 Å². The molecule has 23 heavy (non-hydrogen) atoms. The van der Waals surface area contributed by atoms with Gasteiger partial charge in [0.2, 0.25) is 5.91 Å². The second-order valence-electron chi connectivity index (χ2n) is 4.97. The summed E-state index contributed by atoms with van der Waals surface area (Å²) >= 11 is 6.10. The van der Waals surface area contributed by atoms with E-state index in [9.17, 15) is 18.7 Å². The van der Waals surface area contributed by atoms with Crippen LogP contribution in [0.5, 0.6) is 0 Å². The number of halogens is 3. The van der Waals surface area contributed by atoms with Crippen LogP contribution in [-0.2, 0) is 4.79 Å². The van der Waals surface area contributed by atoms with Gasteiger partial charge in [0.25, 0.3) is 0 Å². The van der Waals surface area contributed by atoms with Crippen LogP contribution in [-0.4, -0.2) is 11.0 Å². The van der Waals surface area contributed by atoms with Crippen molar-refractivity contribution in [3.05, 3.63) is 70.8 Å². The molecule has 120 valence electrons. The molecular weight excluding hydrogens is 324 g/mol. The number of aliphatic hydroxyl groups is 1. The monoisotopic (exact) mass is 337 g/mol. The maximum atomic E-state index is 13.8. The first kappa shape index (κ1) is 17.1. The Bertz CT molecular complexity index is 777. The van der Waals surface area contributed by atoms with Crippen molar-refractivity contribution in [1.82, 2.24) is 0 Å². The van der Waals surface area contributed by atoms with Gasteiger partial charge in [0.15, 0.2) is 0 Å². The summed E-state index contributed by atoms with van der Waals surface area (Å²) in [5.74, 6) is -1.79. The predicted octanol–water partition coefficient (Wildman–Crippen LogP) is 4.32. The Kier molecular flexibility index (Phi) is 5.13. The summed E-state index contributed by atoms with van der Waals surface area (Å²) in [6, 6.07) is 7.53. The van der Waals surface area contributed by atoms with E-state index in [-0.39, 0.29) is 22.1 Å². The average Bonchev–Trinajstić information content (AvgIpc) is 2.45. The highest BCUT2D eigenvalue weighted by molar-refractivity contribution is 6.31. The highest BCUT2D eigenvalue weighted by Crippen LogP contribution is 2.35. The lowest BCUT2D eigenvalue weighted by Gasteiger charge is -2.17. The molecule has 0 saturated heterocycles. The summed E-state index contributed by atoms with van der Waals surface area (Å²) in [5.41, 5.74) is 0.823. The maximum absolute atomic E-state index is 13.8. The van der Waals surface area contributed by atoms with Gasteiger partial charge in [-0.3, -0.25) is 4.79 Å². The maximum Gasteiger partial charge on any atom is 0.221 e. The zero-order valence-electron chi connectivity index (χ0n) is 12.2. The summed E-state index contributed by atoms with van der Waals surface area (Å²) in [4.78, 5) is 11.0. The molecule has 1 atom stereocenters. The Morgan fingerprint density at radius 3 is 2.52 bits per heavy atom. The van der Waals surface area contributed by atoms with Crippen molar-refractivity contribution in [3.8, 4) is 0 Å². The third kappa shape index (κ3) is 3.94. The number of aliphatic hydroxyl groups excluding tert-OH is 1. The minimum atomic E-state index is -1.27. The molecule has 0 spiro atoms. The van der Waals surface area contributed by atoms with Crippen molar-refractivity contribution in [2.75, 3.05) is 5.32 Å². The molecule has 0 bridgehead atoms. The molecule has 0 saturated carbocycles. The Balaban J connectivity index is 2.30. The zero-order chi connectivity index (χ0) is 17.1. The van der Waals surface area contributed by atoms with E-state index in [1.165, 1.54) is 25.1 Å². The van der Waals surface area contributed by atoms with Crippen LogP contribution in [0.4, 0.5) is 14.5 Å². The number of anilines is 1. The number of hydrogen-bond acceptors (Lipinski definition) is 2. The third-order valence-corrected chi connectivity index (χ3v) is 3.55. The van der Waals surface area contributed by atoms with Crippen molar-refractivity contribution >= 4 is 28.8 Å². The average molecular weight is 338 g/mol. The van der Waals surface area contributed by atoms with Crippen LogP contribution in [0.2, 0.25) is 5.02 Å². The van der Waals surface area contributed by atoms with Crippen molar-refractivity contribution < 1.29 is 18.7 Å². The second kappa shape index (κ2) is 6.89. The first-order valence-electron chi connectivity index (χ1n) is 6.69. The minimum absolute atomic E-state index is 0.000837. The molecule has 2 aromatic carbocycles. The van der Waals surface area contributed by atoms with Crippen LogP contribution in [0, 0.1) is 11.6 Å². The van der Waals surface area contributed by atoms with E-state index >= 15 is 0 Å². The standard InChI is InChI=1S/C17H14ClF2NO2/c1-9(13-5-3-11(19)7-16(13)20)17(23)14-6-4-12(8-15(14)18)21-10(2)22/h3-8,17,23H,1H2,2H3,(H,21,22). The number of amides is 1. The summed E-state index contributed by atoms with van der Waals surface area (Å²) in [7, 11) is 0. The molecular formula is C17H14ClF2NO2. The fourth-order valence-corrected chi connectivity index (χ4v) is 2.40. The second-order valence-corrected chi connectivity index (χ2v) is 5.38. The molecule has 0 fully saturated rings. The smallest absolute Gasteiger partial charge is 0.221 e. The molecule has 6 heteroatoms. The molecule has 2 aromatic rings. The van der Waals surface area contributed by atoms with E-state index in [0.717, 1.165) is 6.07 Å². The lowest BCUT2D eigenvalue weighted by molar-refractivity contribution is -0.114. The lowest BCUT2D eigenvalue weighted by Crippen LogP contribution is -2.07. The van der Waals surface area contributed by atoms with Gasteiger partial charge in [0.05, 0.1) is 0 Å². The summed E-state index contributed by atoms with van der Waals surface area (Å²) in [5, 5.41) is 13.1. The van der Waals surface area contributed by atoms with Crippen LogP contribution in [0.3, 0.4) is 0 Å². The summed E-state index contributed by atoms with van der Waals surface area (Å²) < 4.78 is 26.8. The fourth-order valence-electron chi connectivity index (χ4n) is 2.11. The molecule has 3 nitrogen and oxygen atoms in total. The molecule has 0 aliphatic heterocycles. The van der Waals surface area contributed by atoms with Crippen molar-refractivity contribution in [1.29, 1.82) is 0 Å². The van der Waals surface area contributed by atoms with Crippen LogP contribution >= 0.6 is 11.6 Å². The van der Waals surface area contributed by atoms with Gasteiger partial charge in [0.1, 0.15) is 17.7 Å². The summed E-state index contributed by atoms with van der Waals surface area (Å²) in [6.07, 6.45) is -1.27. The first-order valence-corrected chi connectivity index (χ1v) is 7.06. The Hall–Kier alpha value is -2.24. The van der Waals surface area contributed by atoms with Gasteiger partial charge >= 0.3 is 0 Å². The lowest BCUT2D eigenvalue weighted by atomic mass is 9.96. The fraction of sp³-hybridized carbons (Fsp3) is 0.118. The number of rotatable bonds is 4. The molecule has 0 aliphatic rings. The quantitative estimate of drug-likeness (QED) is 0.872. The minimum Gasteiger partial charge on any atom is -0.384 e. The SMILES string of the molecule is C=C(c1ccc(F)cc1F)C(O)c1ccc(NC(C)=O)cc1Cl. The van der Waals surface area contributed by atoms with E-state index in [2.05, 4.69) is 11.9 Å². The van der Waals surface area contributed by atoms with E-state index < -0.39 is 17.7 Å². The molecule has 0 heterocycles. The van der Waals surface area contributed by atoms with E-state index in [0.29, 0.717) is 17.3 Å². The highest BCUT2D eigenvalue weighted by atomic mass is 35.5. The van der Waals surface area contributed by atoms with Gasteiger partial charge in [0, 0.05) is 34.8 Å². The van der Waals surface area contributed by atoms with Crippen molar-refractivity contribution in [3.63, 3.8) is 0 Å². The molecule has 1 amide bonds.